The summed E-state index contributed by atoms with van der Waals surface area (Å²) in [5.74, 6) is -0.242. The van der Waals surface area contributed by atoms with Gasteiger partial charge >= 0.3 is 0 Å². The van der Waals surface area contributed by atoms with Crippen molar-refractivity contribution in [2.75, 3.05) is 19.6 Å². The second kappa shape index (κ2) is 9.54. The Morgan fingerprint density at radius 3 is 2.60 bits per heavy atom. The van der Waals surface area contributed by atoms with Crippen LogP contribution in [0.4, 0.5) is 4.39 Å². The molecule has 0 spiro atoms. The number of halogens is 1. The fourth-order valence-corrected chi connectivity index (χ4v) is 4.41. The highest BCUT2D eigenvalue weighted by molar-refractivity contribution is 5.35. The molecular weight excluding hydrogens is 375 g/mol. The molecule has 1 fully saturated rings. The molecule has 1 aliphatic heterocycles. The number of hydrogen-bond donors (Lipinski definition) is 1. The highest BCUT2D eigenvalue weighted by Crippen LogP contribution is 2.23. The Bertz CT molecular complexity index is 945. The van der Waals surface area contributed by atoms with Crippen LogP contribution in [-0.4, -0.2) is 40.4 Å². The Kier molecular flexibility index (Phi) is 6.60. The van der Waals surface area contributed by atoms with E-state index in [-0.39, 0.29) is 11.9 Å². The first-order chi connectivity index (χ1) is 14.6. The van der Waals surface area contributed by atoms with E-state index in [0.717, 1.165) is 50.3 Å². The van der Waals surface area contributed by atoms with Gasteiger partial charge in [0.15, 0.2) is 0 Å². The first-order valence-electron chi connectivity index (χ1n) is 10.9. The van der Waals surface area contributed by atoms with E-state index in [2.05, 4.69) is 59.5 Å². The smallest absolute Gasteiger partial charge is 0.125 e. The molecule has 1 atom stereocenters. The largest absolute Gasteiger partial charge is 0.307 e. The third-order valence-corrected chi connectivity index (χ3v) is 6.20. The lowest BCUT2D eigenvalue weighted by Crippen LogP contribution is -2.43. The number of nitrogens with zero attached hydrogens (tertiary/aromatic N) is 3. The van der Waals surface area contributed by atoms with Crippen molar-refractivity contribution in [3.63, 3.8) is 0 Å². The van der Waals surface area contributed by atoms with E-state index in [9.17, 15) is 4.39 Å². The third-order valence-electron chi connectivity index (χ3n) is 6.20. The van der Waals surface area contributed by atoms with E-state index in [0.29, 0.717) is 6.04 Å². The zero-order valence-electron chi connectivity index (χ0n) is 17.9. The number of likely N-dealkylation sites (tertiary alicyclic amines) is 1. The monoisotopic (exact) mass is 406 g/mol. The lowest BCUT2D eigenvalue weighted by Gasteiger charge is -2.34. The average molecular weight is 407 g/mol. The van der Waals surface area contributed by atoms with E-state index in [1.807, 2.05) is 16.9 Å². The molecule has 4 rings (SSSR count). The van der Waals surface area contributed by atoms with Gasteiger partial charge in [-0.25, -0.2) is 9.07 Å². The SMILES string of the molecule is Cc1c(C(C)NC2CCN(CCc3ccccc3)CC2)cnn1-c1cccc(F)c1. The summed E-state index contributed by atoms with van der Waals surface area (Å²) in [5.41, 5.74) is 4.40. The highest BCUT2D eigenvalue weighted by atomic mass is 19.1. The molecule has 3 aromatic rings. The normalized spacial score (nSPS) is 16.6. The summed E-state index contributed by atoms with van der Waals surface area (Å²) in [6.45, 7) is 7.66. The van der Waals surface area contributed by atoms with Gasteiger partial charge < -0.3 is 10.2 Å². The van der Waals surface area contributed by atoms with Gasteiger partial charge in [0, 0.05) is 29.9 Å². The fraction of sp³-hybridized carbons (Fsp3) is 0.400. The van der Waals surface area contributed by atoms with E-state index in [1.165, 1.54) is 23.3 Å². The Morgan fingerprint density at radius 1 is 1.10 bits per heavy atom. The van der Waals surface area contributed by atoms with Crippen LogP contribution in [0.2, 0.25) is 0 Å². The van der Waals surface area contributed by atoms with E-state index in [4.69, 9.17) is 0 Å². The van der Waals surface area contributed by atoms with Crippen molar-refractivity contribution in [1.82, 2.24) is 20.0 Å². The number of hydrogen-bond acceptors (Lipinski definition) is 3. The molecule has 1 aromatic heterocycles. The highest BCUT2D eigenvalue weighted by Gasteiger charge is 2.22. The zero-order chi connectivity index (χ0) is 20.9. The second-order valence-electron chi connectivity index (χ2n) is 8.32. The molecule has 0 saturated carbocycles. The number of rotatable bonds is 7. The standard InChI is InChI=1S/C25H31FN4/c1-19(25-18-27-30(20(25)2)24-10-6-9-22(26)17-24)28-23-12-15-29(16-13-23)14-11-21-7-4-3-5-8-21/h3-10,17-19,23,28H,11-16H2,1-2H3. The lowest BCUT2D eigenvalue weighted by molar-refractivity contribution is 0.194. The van der Waals surface area contributed by atoms with Crippen LogP contribution in [0.5, 0.6) is 0 Å². The quantitative estimate of drug-likeness (QED) is 0.619. The maximum Gasteiger partial charge on any atom is 0.125 e. The summed E-state index contributed by atoms with van der Waals surface area (Å²) in [4.78, 5) is 2.57. The Morgan fingerprint density at radius 2 is 1.87 bits per heavy atom. The molecule has 2 heterocycles. The van der Waals surface area contributed by atoms with Gasteiger partial charge in [0.25, 0.3) is 0 Å². The van der Waals surface area contributed by atoms with Crippen molar-refractivity contribution in [3.8, 4) is 5.69 Å². The third kappa shape index (κ3) is 4.97. The molecular formula is C25H31FN4. The Hall–Kier alpha value is -2.50. The van der Waals surface area contributed by atoms with Crippen LogP contribution in [0.3, 0.4) is 0 Å². The summed E-state index contributed by atoms with van der Waals surface area (Å²) in [5, 5.41) is 8.30. The molecule has 158 valence electrons. The molecule has 0 radical (unpaired) electrons. The summed E-state index contributed by atoms with van der Waals surface area (Å²) in [6.07, 6.45) is 5.35. The summed E-state index contributed by atoms with van der Waals surface area (Å²) in [6, 6.07) is 18.0. The second-order valence-corrected chi connectivity index (χ2v) is 8.32. The van der Waals surface area contributed by atoms with Crippen molar-refractivity contribution in [2.45, 2.75) is 45.2 Å². The predicted molar refractivity (Wildman–Crippen MR) is 119 cm³/mol. The number of benzene rings is 2. The van der Waals surface area contributed by atoms with Gasteiger partial charge in [-0.3, -0.25) is 0 Å². The topological polar surface area (TPSA) is 33.1 Å². The number of aromatic nitrogens is 2. The van der Waals surface area contributed by atoms with Crippen LogP contribution >= 0.6 is 0 Å². The summed E-state index contributed by atoms with van der Waals surface area (Å²) >= 11 is 0. The van der Waals surface area contributed by atoms with Gasteiger partial charge in [-0.2, -0.15) is 5.10 Å². The summed E-state index contributed by atoms with van der Waals surface area (Å²) in [7, 11) is 0. The minimum Gasteiger partial charge on any atom is -0.307 e. The molecule has 1 aliphatic rings. The molecule has 5 heteroatoms. The maximum absolute atomic E-state index is 13.6. The molecule has 1 N–H and O–H groups in total. The van der Waals surface area contributed by atoms with Crippen molar-refractivity contribution in [2.24, 2.45) is 0 Å². The average Bonchev–Trinajstić information content (AvgIpc) is 3.15. The van der Waals surface area contributed by atoms with Gasteiger partial charge in [-0.15, -0.1) is 0 Å². The van der Waals surface area contributed by atoms with Gasteiger partial charge in [0.05, 0.1) is 11.9 Å². The molecule has 1 saturated heterocycles. The van der Waals surface area contributed by atoms with Crippen molar-refractivity contribution >= 4 is 0 Å². The van der Waals surface area contributed by atoms with Crippen LogP contribution in [0, 0.1) is 12.7 Å². The Labute approximate surface area is 178 Å². The molecule has 0 bridgehead atoms. The molecule has 2 aromatic carbocycles. The van der Waals surface area contributed by atoms with E-state index >= 15 is 0 Å². The molecule has 30 heavy (non-hydrogen) atoms. The van der Waals surface area contributed by atoms with Crippen LogP contribution in [0.1, 0.15) is 42.6 Å². The van der Waals surface area contributed by atoms with Crippen LogP contribution in [-0.2, 0) is 6.42 Å². The molecule has 1 unspecified atom stereocenters. The van der Waals surface area contributed by atoms with Gasteiger partial charge in [-0.1, -0.05) is 36.4 Å². The van der Waals surface area contributed by atoms with Crippen LogP contribution < -0.4 is 5.32 Å². The van der Waals surface area contributed by atoms with E-state index < -0.39 is 0 Å². The van der Waals surface area contributed by atoms with Gasteiger partial charge in [-0.05, 0) is 70.0 Å². The van der Waals surface area contributed by atoms with Gasteiger partial charge in [0.1, 0.15) is 5.82 Å². The Balaban J connectivity index is 1.29. The number of nitrogens with one attached hydrogen (secondary N) is 1. The molecule has 0 aliphatic carbocycles. The first kappa shape index (κ1) is 20.8. The molecule has 0 amide bonds. The maximum atomic E-state index is 13.6. The van der Waals surface area contributed by atoms with Crippen LogP contribution in [0.15, 0.2) is 60.8 Å². The minimum absolute atomic E-state index is 0.216. The zero-order valence-corrected chi connectivity index (χ0v) is 17.9. The first-order valence-corrected chi connectivity index (χ1v) is 10.9. The fourth-order valence-electron chi connectivity index (χ4n) is 4.41. The van der Waals surface area contributed by atoms with Crippen molar-refractivity contribution < 1.29 is 4.39 Å². The molecule has 4 nitrogen and oxygen atoms in total. The minimum atomic E-state index is -0.242. The van der Waals surface area contributed by atoms with Gasteiger partial charge in [0.2, 0.25) is 0 Å². The van der Waals surface area contributed by atoms with Crippen molar-refractivity contribution in [3.05, 3.63) is 83.4 Å². The van der Waals surface area contributed by atoms with E-state index in [1.54, 1.807) is 6.07 Å². The van der Waals surface area contributed by atoms with Crippen LogP contribution in [0.25, 0.3) is 5.69 Å². The summed E-state index contributed by atoms with van der Waals surface area (Å²) < 4.78 is 15.4. The van der Waals surface area contributed by atoms with Crippen molar-refractivity contribution in [1.29, 1.82) is 0 Å². The predicted octanol–water partition coefficient (Wildman–Crippen LogP) is 4.68. The number of piperidine rings is 1. The lowest BCUT2D eigenvalue weighted by atomic mass is 10.0.